The van der Waals surface area contributed by atoms with E-state index >= 15 is 0 Å². The lowest BCUT2D eigenvalue weighted by Gasteiger charge is -2.30. The Hall–Kier alpha value is -1.55. The van der Waals surface area contributed by atoms with E-state index in [0.717, 1.165) is 22.3 Å². The number of hydrogen-bond acceptors (Lipinski definition) is 3. The van der Waals surface area contributed by atoms with Crippen LogP contribution in [0.25, 0.3) is 0 Å². The molecule has 0 heterocycles. The number of aryl methyl sites for hydroxylation is 2. The van der Waals surface area contributed by atoms with Gasteiger partial charge in [-0.2, -0.15) is 0 Å². The topological polar surface area (TPSA) is 72.5 Å². The molecule has 1 unspecified atom stereocenters. The van der Waals surface area contributed by atoms with Crippen molar-refractivity contribution in [1.29, 1.82) is 0 Å². The van der Waals surface area contributed by atoms with Crippen molar-refractivity contribution < 1.29 is 14.6 Å². The molecule has 0 aliphatic rings. The minimum absolute atomic E-state index is 0.626. The predicted molar refractivity (Wildman–Crippen MR) is 75.6 cm³/mol. The fourth-order valence-corrected chi connectivity index (χ4v) is 2.21. The van der Waals surface area contributed by atoms with E-state index in [1.165, 1.54) is 0 Å². The molecule has 1 atom stereocenters. The number of hydrogen-bond donors (Lipinski definition) is 2. The second-order valence-corrected chi connectivity index (χ2v) is 5.59. The SMILES string of the molecule is COc1c(C)c(C)cc(C)c1C(N)C(C)(C)C(=O)O. The molecule has 106 valence electrons. The fraction of sp³-hybridized carbons (Fsp3) is 0.533. The second-order valence-electron chi connectivity index (χ2n) is 5.59. The lowest BCUT2D eigenvalue weighted by atomic mass is 9.78. The highest BCUT2D eigenvalue weighted by molar-refractivity contribution is 5.75. The highest BCUT2D eigenvalue weighted by Gasteiger charge is 2.38. The summed E-state index contributed by atoms with van der Waals surface area (Å²) >= 11 is 0. The molecule has 0 amide bonds. The molecule has 0 fully saturated rings. The number of carboxylic acid groups (broad SMARTS) is 1. The van der Waals surface area contributed by atoms with Gasteiger partial charge in [0.15, 0.2) is 0 Å². The summed E-state index contributed by atoms with van der Waals surface area (Å²) in [6, 6.07) is 1.39. The van der Waals surface area contributed by atoms with Crippen LogP contribution in [-0.4, -0.2) is 18.2 Å². The first-order valence-electron chi connectivity index (χ1n) is 6.28. The number of carbonyl (C=O) groups is 1. The average molecular weight is 265 g/mol. The number of ether oxygens (including phenoxy) is 1. The molecule has 0 saturated carbocycles. The fourth-order valence-electron chi connectivity index (χ4n) is 2.21. The Balaban J connectivity index is 3.51. The van der Waals surface area contributed by atoms with E-state index in [2.05, 4.69) is 0 Å². The van der Waals surface area contributed by atoms with Crippen LogP contribution >= 0.6 is 0 Å². The van der Waals surface area contributed by atoms with Crippen molar-refractivity contribution in [1.82, 2.24) is 0 Å². The van der Waals surface area contributed by atoms with Gasteiger partial charge in [0.1, 0.15) is 5.75 Å². The van der Waals surface area contributed by atoms with Crippen molar-refractivity contribution in [2.24, 2.45) is 11.1 Å². The molecule has 1 rings (SSSR count). The minimum Gasteiger partial charge on any atom is -0.496 e. The van der Waals surface area contributed by atoms with Gasteiger partial charge < -0.3 is 15.6 Å². The summed E-state index contributed by atoms with van der Waals surface area (Å²) in [5.41, 5.74) is 9.00. The van der Waals surface area contributed by atoms with Crippen molar-refractivity contribution in [3.05, 3.63) is 28.3 Å². The van der Waals surface area contributed by atoms with Gasteiger partial charge in [-0.1, -0.05) is 6.07 Å². The van der Waals surface area contributed by atoms with Gasteiger partial charge in [-0.05, 0) is 51.3 Å². The zero-order chi connectivity index (χ0) is 15.0. The van der Waals surface area contributed by atoms with E-state index in [-0.39, 0.29) is 0 Å². The van der Waals surface area contributed by atoms with Crippen LogP contribution in [0.1, 0.15) is 42.1 Å². The summed E-state index contributed by atoms with van der Waals surface area (Å²) in [7, 11) is 1.59. The summed E-state index contributed by atoms with van der Waals surface area (Å²) in [6.45, 7) is 9.16. The molecule has 1 aromatic carbocycles. The molecule has 19 heavy (non-hydrogen) atoms. The van der Waals surface area contributed by atoms with Crippen molar-refractivity contribution in [3.63, 3.8) is 0 Å². The standard InChI is InChI=1S/C15H23NO3/c1-8-7-9(2)11(12(19-6)10(8)3)13(16)15(4,5)14(17)18/h7,13H,16H2,1-6H3,(H,17,18). The van der Waals surface area contributed by atoms with Gasteiger partial charge in [-0.15, -0.1) is 0 Å². The van der Waals surface area contributed by atoms with Crippen molar-refractivity contribution >= 4 is 5.97 Å². The average Bonchev–Trinajstić information content (AvgIpc) is 2.32. The zero-order valence-electron chi connectivity index (χ0n) is 12.5. The van der Waals surface area contributed by atoms with E-state index in [0.29, 0.717) is 5.75 Å². The third-order valence-electron chi connectivity index (χ3n) is 3.88. The number of carboxylic acids is 1. The van der Waals surface area contributed by atoms with Crippen LogP contribution in [0, 0.1) is 26.2 Å². The highest BCUT2D eigenvalue weighted by atomic mass is 16.5. The monoisotopic (exact) mass is 265 g/mol. The number of rotatable bonds is 4. The maximum absolute atomic E-state index is 11.4. The van der Waals surface area contributed by atoms with Gasteiger partial charge >= 0.3 is 5.97 Å². The summed E-state index contributed by atoms with van der Waals surface area (Å²) in [5.74, 6) is -0.223. The first kappa shape index (κ1) is 15.5. The number of nitrogens with two attached hydrogens (primary N) is 1. The Labute approximate surface area is 114 Å². The van der Waals surface area contributed by atoms with E-state index in [1.54, 1.807) is 21.0 Å². The molecule has 1 aromatic rings. The van der Waals surface area contributed by atoms with Gasteiger partial charge in [0.05, 0.1) is 12.5 Å². The molecule has 0 aliphatic heterocycles. The van der Waals surface area contributed by atoms with Gasteiger partial charge in [0.25, 0.3) is 0 Å². The van der Waals surface area contributed by atoms with Gasteiger partial charge in [-0.25, -0.2) is 0 Å². The molecule has 3 N–H and O–H groups in total. The maximum atomic E-state index is 11.4. The van der Waals surface area contributed by atoms with Gasteiger partial charge in [-0.3, -0.25) is 4.79 Å². The first-order chi connectivity index (χ1) is 8.64. The van der Waals surface area contributed by atoms with Crippen LogP contribution in [-0.2, 0) is 4.79 Å². The van der Waals surface area contributed by atoms with Crippen molar-refractivity contribution in [3.8, 4) is 5.75 Å². The van der Waals surface area contributed by atoms with Gasteiger partial charge in [0.2, 0.25) is 0 Å². The Morgan fingerprint density at radius 2 is 1.84 bits per heavy atom. The highest BCUT2D eigenvalue weighted by Crippen LogP contribution is 2.40. The Bertz CT molecular complexity index is 507. The van der Waals surface area contributed by atoms with Crippen LogP contribution in [0.3, 0.4) is 0 Å². The molecule has 0 radical (unpaired) electrons. The molecule has 0 aliphatic carbocycles. The lowest BCUT2D eigenvalue weighted by Crippen LogP contribution is -2.37. The third-order valence-corrected chi connectivity index (χ3v) is 3.88. The molecule has 0 spiro atoms. The first-order valence-corrected chi connectivity index (χ1v) is 6.28. The summed E-state index contributed by atoms with van der Waals surface area (Å²) in [4.78, 5) is 11.4. The largest absolute Gasteiger partial charge is 0.496 e. The number of aliphatic carboxylic acids is 1. The molecule has 4 nitrogen and oxygen atoms in total. The van der Waals surface area contributed by atoms with Crippen LogP contribution < -0.4 is 10.5 Å². The van der Waals surface area contributed by atoms with Crippen molar-refractivity contribution in [2.75, 3.05) is 7.11 Å². The minimum atomic E-state index is -1.06. The molecular weight excluding hydrogens is 242 g/mol. The van der Waals surface area contributed by atoms with Crippen molar-refractivity contribution in [2.45, 2.75) is 40.7 Å². The molecule has 0 aromatic heterocycles. The predicted octanol–water partition coefficient (Wildman–Crippen LogP) is 2.73. The number of methoxy groups -OCH3 is 1. The lowest BCUT2D eigenvalue weighted by molar-refractivity contribution is -0.148. The Morgan fingerprint density at radius 1 is 1.32 bits per heavy atom. The van der Waals surface area contributed by atoms with E-state index in [1.807, 2.05) is 26.8 Å². The smallest absolute Gasteiger partial charge is 0.311 e. The third kappa shape index (κ3) is 2.59. The summed E-state index contributed by atoms with van der Waals surface area (Å²) in [6.07, 6.45) is 0. The van der Waals surface area contributed by atoms with E-state index in [4.69, 9.17) is 10.5 Å². The Morgan fingerprint density at radius 3 is 2.26 bits per heavy atom. The molecular formula is C15H23NO3. The van der Waals surface area contributed by atoms with Crippen LogP contribution in [0.4, 0.5) is 0 Å². The van der Waals surface area contributed by atoms with Gasteiger partial charge in [0, 0.05) is 11.6 Å². The van der Waals surface area contributed by atoms with E-state index in [9.17, 15) is 9.90 Å². The molecule has 0 saturated heterocycles. The molecule has 0 bridgehead atoms. The van der Waals surface area contributed by atoms with Crippen LogP contribution in [0.2, 0.25) is 0 Å². The Kier molecular flexibility index (Phi) is 4.25. The summed E-state index contributed by atoms with van der Waals surface area (Å²) in [5, 5.41) is 9.33. The molecule has 4 heteroatoms. The normalized spacial score (nSPS) is 13.2. The quantitative estimate of drug-likeness (QED) is 0.878. The van der Waals surface area contributed by atoms with E-state index < -0.39 is 17.4 Å². The summed E-state index contributed by atoms with van der Waals surface area (Å²) < 4.78 is 5.46. The van der Waals surface area contributed by atoms with Crippen LogP contribution in [0.5, 0.6) is 5.75 Å². The van der Waals surface area contributed by atoms with Crippen LogP contribution in [0.15, 0.2) is 6.07 Å². The maximum Gasteiger partial charge on any atom is 0.311 e. The number of benzene rings is 1. The zero-order valence-corrected chi connectivity index (χ0v) is 12.5. The second kappa shape index (κ2) is 5.21.